The van der Waals surface area contributed by atoms with Gasteiger partial charge in [-0.15, -0.1) is 0 Å². The minimum atomic E-state index is -1.38. The van der Waals surface area contributed by atoms with Gasteiger partial charge in [0.15, 0.2) is 0 Å². The summed E-state index contributed by atoms with van der Waals surface area (Å²) in [6.45, 7) is 5.25. The lowest BCUT2D eigenvalue weighted by Gasteiger charge is -2.23. The van der Waals surface area contributed by atoms with Crippen molar-refractivity contribution in [2.45, 2.75) is 45.2 Å². The Kier molecular flexibility index (Phi) is 5.58. The predicted molar refractivity (Wildman–Crippen MR) is 118 cm³/mol. The molecule has 4 rings (SSSR count). The average Bonchev–Trinajstić information content (AvgIpc) is 3.29. The molecule has 31 heavy (non-hydrogen) atoms. The Labute approximate surface area is 180 Å². The van der Waals surface area contributed by atoms with Gasteiger partial charge in [0.1, 0.15) is 22.9 Å². The van der Waals surface area contributed by atoms with Crippen LogP contribution in [0.3, 0.4) is 0 Å². The molecule has 2 aliphatic rings. The SMILES string of the molecule is CCCCOc1ccc(OCCCC)c2c1NC1(N2)C(=O)Nc2ccc([N+](=O)[O-])cc21. The van der Waals surface area contributed by atoms with Crippen molar-refractivity contribution < 1.29 is 19.2 Å². The molecule has 0 saturated heterocycles. The zero-order chi connectivity index (χ0) is 22.0. The van der Waals surface area contributed by atoms with E-state index in [1.54, 1.807) is 6.07 Å². The van der Waals surface area contributed by atoms with Crippen LogP contribution in [-0.2, 0) is 10.5 Å². The van der Waals surface area contributed by atoms with E-state index < -0.39 is 10.6 Å². The minimum absolute atomic E-state index is 0.0898. The molecule has 2 aliphatic heterocycles. The van der Waals surface area contributed by atoms with Gasteiger partial charge in [0.05, 0.1) is 18.1 Å². The quantitative estimate of drug-likeness (QED) is 0.305. The third-order valence-corrected chi connectivity index (χ3v) is 5.47. The molecule has 2 heterocycles. The molecule has 0 atom stereocenters. The molecule has 0 saturated carbocycles. The predicted octanol–water partition coefficient (Wildman–Crippen LogP) is 4.60. The maximum Gasteiger partial charge on any atom is 0.275 e. The summed E-state index contributed by atoms with van der Waals surface area (Å²) in [5, 5.41) is 20.6. The Morgan fingerprint density at radius 2 is 1.55 bits per heavy atom. The highest BCUT2D eigenvalue weighted by Gasteiger charge is 2.53. The van der Waals surface area contributed by atoms with Crippen LogP contribution in [-0.4, -0.2) is 24.0 Å². The number of non-ortho nitro benzene ring substituents is 1. The van der Waals surface area contributed by atoms with Crippen LogP contribution in [0.25, 0.3) is 0 Å². The molecule has 0 radical (unpaired) electrons. The van der Waals surface area contributed by atoms with Crippen LogP contribution >= 0.6 is 0 Å². The number of ether oxygens (including phenoxy) is 2. The topological polar surface area (TPSA) is 115 Å². The second kappa shape index (κ2) is 8.33. The number of nitrogens with zero attached hydrogens (tertiary/aromatic N) is 1. The molecule has 0 unspecified atom stereocenters. The molecule has 2 aromatic rings. The molecule has 0 aliphatic carbocycles. The molecular formula is C22H26N4O5. The van der Waals surface area contributed by atoms with Gasteiger partial charge in [0.25, 0.3) is 11.6 Å². The number of unbranched alkanes of at least 4 members (excludes halogenated alkanes) is 2. The number of hydrogen-bond acceptors (Lipinski definition) is 7. The van der Waals surface area contributed by atoms with Gasteiger partial charge in [0.2, 0.25) is 5.66 Å². The van der Waals surface area contributed by atoms with E-state index in [0.29, 0.717) is 47.3 Å². The maximum atomic E-state index is 13.1. The smallest absolute Gasteiger partial charge is 0.275 e. The van der Waals surface area contributed by atoms with Crippen LogP contribution in [0.15, 0.2) is 30.3 Å². The fourth-order valence-corrected chi connectivity index (χ4v) is 3.76. The van der Waals surface area contributed by atoms with Crippen LogP contribution in [0.1, 0.15) is 45.1 Å². The second-order valence-corrected chi connectivity index (χ2v) is 7.66. The molecule has 0 bridgehead atoms. The number of amides is 1. The zero-order valence-corrected chi connectivity index (χ0v) is 17.6. The fraction of sp³-hybridized carbons (Fsp3) is 0.409. The van der Waals surface area contributed by atoms with Crippen LogP contribution in [0.5, 0.6) is 11.5 Å². The Bertz CT molecular complexity index is 984. The van der Waals surface area contributed by atoms with Gasteiger partial charge < -0.3 is 25.4 Å². The molecule has 9 nitrogen and oxygen atoms in total. The Hall–Kier alpha value is -3.49. The standard InChI is InChI=1S/C22H26N4O5/c1-3-5-11-30-17-9-10-18(31-12-6-4-2)20-19(17)24-22(25-20)15-13-14(26(28)29)7-8-16(15)23-21(22)27/h7-10,13,24-25H,3-6,11-12H2,1-2H3,(H,23,27). The van der Waals surface area contributed by atoms with E-state index in [-0.39, 0.29) is 11.6 Å². The number of nitro groups is 1. The van der Waals surface area contributed by atoms with Crippen molar-refractivity contribution in [3.8, 4) is 11.5 Å². The van der Waals surface area contributed by atoms with Crippen LogP contribution in [0.2, 0.25) is 0 Å². The minimum Gasteiger partial charge on any atom is -0.491 e. The molecule has 0 aromatic heterocycles. The van der Waals surface area contributed by atoms with E-state index >= 15 is 0 Å². The highest BCUT2D eigenvalue weighted by molar-refractivity contribution is 6.12. The summed E-state index contributed by atoms with van der Waals surface area (Å²) >= 11 is 0. The van der Waals surface area contributed by atoms with Gasteiger partial charge in [-0.3, -0.25) is 14.9 Å². The van der Waals surface area contributed by atoms with Crippen molar-refractivity contribution >= 4 is 28.7 Å². The zero-order valence-electron chi connectivity index (χ0n) is 17.6. The van der Waals surface area contributed by atoms with Gasteiger partial charge in [0, 0.05) is 23.4 Å². The summed E-state index contributed by atoms with van der Waals surface area (Å²) in [5.41, 5.74) is 0.732. The first-order valence-electron chi connectivity index (χ1n) is 10.6. The summed E-state index contributed by atoms with van der Waals surface area (Å²) < 4.78 is 11.9. The van der Waals surface area contributed by atoms with E-state index in [1.807, 2.05) is 12.1 Å². The lowest BCUT2D eigenvalue weighted by molar-refractivity contribution is -0.384. The first-order valence-corrected chi connectivity index (χ1v) is 10.6. The van der Waals surface area contributed by atoms with Gasteiger partial charge in [-0.25, -0.2) is 0 Å². The lowest BCUT2D eigenvalue weighted by Crippen LogP contribution is -2.45. The van der Waals surface area contributed by atoms with Crippen LogP contribution in [0, 0.1) is 10.1 Å². The number of anilines is 3. The van der Waals surface area contributed by atoms with Crippen molar-refractivity contribution in [1.29, 1.82) is 0 Å². The molecule has 1 amide bonds. The highest BCUT2D eigenvalue weighted by atomic mass is 16.6. The molecule has 9 heteroatoms. The van der Waals surface area contributed by atoms with Crippen molar-refractivity contribution in [2.75, 3.05) is 29.2 Å². The normalized spacial score (nSPS) is 15.0. The van der Waals surface area contributed by atoms with Crippen molar-refractivity contribution in [1.82, 2.24) is 0 Å². The summed E-state index contributed by atoms with van der Waals surface area (Å²) in [6.07, 6.45) is 3.79. The summed E-state index contributed by atoms with van der Waals surface area (Å²) in [7, 11) is 0. The monoisotopic (exact) mass is 426 g/mol. The number of nitro benzene ring substituents is 1. The summed E-state index contributed by atoms with van der Waals surface area (Å²) in [5.74, 6) is 0.850. The first-order chi connectivity index (χ1) is 15.0. The third-order valence-electron chi connectivity index (χ3n) is 5.47. The summed E-state index contributed by atoms with van der Waals surface area (Å²) in [6, 6.07) is 7.98. The van der Waals surface area contributed by atoms with Crippen molar-refractivity contribution in [3.63, 3.8) is 0 Å². The van der Waals surface area contributed by atoms with Crippen molar-refractivity contribution in [2.24, 2.45) is 0 Å². The average molecular weight is 426 g/mol. The van der Waals surface area contributed by atoms with E-state index in [9.17, 15) is 14.9 Å². The van der Waals surface area contributed by atoms with Gasteiger partial charge in [-0.2, -0.15) is 0 Å². The number of benzene rings is 2. The third kappa shape index (κ3) is 3.60. The van der Waals surface area contributed by atoms with Gasteiger partial charge in [-0.1, -0.05) is 26.7 Å². The number of carbonyl (C=O) groups excluding carboxylic acids is 1. The first kappa shape index (κ1) is 20.8. The van der Waals surface area contributed by atoms with Gasteiger partial charge in [-0.05, 0) is 31.0 Å². The van der Waals surface area contributed by atoms with Crippen molar-refractivity contribution in [3.05, 3.63) is 46.0 Å². The molecule has 2 aromatic carbocycles. The maximum absolute atomic E-state index is 13.1. The number of rotatable bonds is 9. The number of carbonyl (C=O) groups is 1. The van der Waals surface area contributed by atoms with E-state index in [1.165, 1.54) is 12.1 Å². The number of hydrogen-bond donors (Lipinski definition) is 3. The van der Waals surface area contributed by atoms with Gasteiger partial charge >= 0.3 is 0 Å². The van der Waals surface area contributed by atoms with Crippen LogP contribution < -0.4 is 25.4 Å². The Morgan fingerprint density at radius 3 is 2.06 bits per heavy atom. The number of nitrogens with one attached hydrogen (secondary N) is 3. The highest BCUT2D eigenvalue weighted by Crippen LogP contribution is 2.53. The van der Waals surface area contributed by atoms with Crippen LogP contribution in [0.4, 0.5) is 22.7 Å². The second-order valence-electron chi connectivity index (χ2n) is 7.66. The Morgan fingerprint density at radius 1 is 0.968 bits per heavy atom. The fourth-order valence-electron chi connectivity index (χ4n) is 3.76. The largest absolute Gasteiger partial charge is 0.491 e. The molecule has 1 spiro atoms. The number of fused-ring (bicyclic) bond motifs is 3. The molecule has 164 valence electrons. The molecule has 0 fully saturated rings. The molecule has 3 N–H and O–H groups in total. The van der Waals surface area contributed by atoms with E-state index in [4.69, 9.17) is 9.47 Å². The van der Waals surface area contributed by atoms with E-state index in [2.05, 4.69) is 29.8 Å². The van der Waals surface area contributed by atoms with E-state index in [0.717, 1.165) is 25.7 Å². The lowest BCUT2D eigenvalue weighted by atomic mass is 10.0. The molecular weight excluding hydrogens is 400 g/mol. The Balaban J connectivity index is 1.75. The summed E-state index contributed by atoms with van der Waals surface area (Å²) in [4.78, 5) is 23.9.